The summed E-state index contributed by atoms with van der Waals surface area (Å²) in [6.45, 7) is 4.17. The molecule has 2 N–H and O–H groups in total. The van der Waals surface area contributed by atoms with Gasteiger partial charge in [0.25, 0.3) is 0 Å². The number of aromatic nitrogens is 1. The lowest BCUT2D eigenvalue weighted by atomic mass is 10.1. The Balaban J connectivity index is 1.75. The summed E-state index contributed by atoms with van der Waals surface area (Å²) in [5.41, 5.74) is 3.45. The molecule has 0 spiro atoms. The van der Waals surface area contributed by atoms with Gasteiger partial charge in [0, 0.05) is 17.6 Å². The van der Waals surface area contributed by atoms with Gasteiger partial charge in [-0.15, -0.1) is 11.3 Å². The maximum absolute atomic E-state index is 12.8. The molecule has 1 aliphatic carbocycles. The molecule has 1 heterocycles. The minimum absolute atomic E-state index is 0.0265. The second-order valence-electron chi connectivity index (χ2n) is 6.17. The first-order valence-electron chi connectivity index (χ1n) is 8.28. The molecule has 128 valence electrons. The van der Waals surface area contributed by atoms with E-state index in [2.05, 4.69) is 22.4 Å². The van der Waals surface area contributed by atoms with Crippen LogP contribution in [-0.4, -0.2) is 34.2 Å². The lowest BCUT2D eigenvalue weighted by molar-refractivity contribution is 0.149. The van der Waals surface area contributed by atoms with E-state index in [0.717, 1.165) is 23.5 Å². The standard InChI is InChI=1S/C18H23N3O2S/c1-12-11-24-17(19-12)13(2)20-18(23)21(9-10-22)16-8-7-14-5-3-4-6-15(14)16/h3-6,11,13,16,22H,7-10H2,1-2H3,(H,20,23)/t13-,16-/m1/s1. The number of rotatable bonds is 5. The van der Waals surface area contributed by atoms with Gasteiger partial charge in [-0.05, 0) is 37.8 Å². The summed E-state index contributed by atoms with van der Waals surface area (Å²) in [7, 11) is 0. The number of carbonyl (C=O) groups is 1. The molecule has 1 aromatic heterocycles. The summed E-state index contributed by atoms with van der Waals surface area (Å²) in [5.74, 6) is 0. The molecule has 2 atom stereocenters. The third-order valence-corrected chi connectivity index (χ3v) is 5.57. The summed E-state index contributed by atoms with van der Waals surface area (Å²) in [6, 6.07) is 7.97. The number of fused-ring (bicyclic) bond motifs is 1. The van der Waals surface area contributed by atoms with Crippen LogP contribution in [0.5, 0.6) is 0 Å². The second-order valence-corrected chi connectivity index (χ2v) is 7.06. The van der Waals surface area contributed by atoms with E-state index in [0.29, 0.717) is 6.54 Å². The van der Waals surface area contributed by atoms with Crippen molar-refractivity contribution in [2.24, 2.45) is 0 Å². The fourth-order valence-corrected chi connectivity index (χ4v) is 4.07. The number of aliphatic hydroxyl groups is 1. The molecule has 1 aromatic carbocycles. The SMILES string of the molecule is Cc1csc([C@@H](C)NC(=O)N(CCO)[C@@H]2CCc3ccccc32)n1. The lowest BCUT2D eigenvalue weighted by Crippen LogP contribution is -2.44. The van der Waals surface area contributed by atoms with E-state index in [9.17, 15) is 9.90 Å². The van der Waals surface area contributed by atoms with Gasteiger partial charge in [-0.25, -0.2) is 9.78 Å². The van der Waals surface area contributed by atoms with Crippen LogP contribution in [0.25, 0.3) is 0 Å². The Kier molecular flexibility index (Phi) is 5.16. The number of amides is 2. The first-order chi connectivity index (χ1) is 11.6. The number of carbonyl (C=O) groups excluding carboxylic acids is 1. The van der Waals surface area contributed by atoms with Gasteiger partial charge >= 0.3 is 6.03 Å². The lowest BCUT2D eigenvalue weighted by Gasteiger charge is -2.30. The van der Waals surface area contributed by atoms with Gasteiger partial charge in [0.05, 0.1) is 18.7 Å². The van der Waals surface area contributed by atoms with Crippen LogP contribution >= 0.6 is 11.3 Å². The van der Waals surface area contributed by atoms with Crippen LogP contribution < -0.4 is 5.32 Å². The fraction of sp³-hybridized carbons (Fsp3) is 0.444. The van der Waals surface area contributed by atoms with Crippen LogP contribution in [0, 0.1) is 6.92 Å². The number of nitrogens with zero attached hydrogens (tertiary/aromatic N) is 2. The van der Waals surface area contributed by atoms with E-state index < -0.39 is 0 Å². The number of aliphatic hydroxyl groups excluding tert-OH is 1. The van der Waals surface area contributed by atoms with Crippen LogP contribution in [0.4, 0.5) is 4.79 Å². The van der Waals surface area contributed by atoms with Crippen molar-refractivity contribution < 1.29 is 9.90 Å². The van der Waals surface area contributed by atoms with Crippen molar-refractivity contribution in [1.82, 2.24) is 15.2 Å². The van der Waals surface area contributed by atoms with Crippen LogP contribution in [0.15, 0.2) is 29.6 Å². The topological polar surface area (TPSA) is 65.5 Å². The molecule has 2 amide bonds. The average Bonchev–Trinajstić information content (AvgIpc) is 3.19. The van der Waals surface area contributed by atoms with E-state index in [1.54, 1.807) is 16.2 Å². The van der Waals surface area contributed by atoms with Crippen molar-refractivity contribution in [2.75, 3.05) is 13.2 Å². The Morgan fingerprint density at radius 3 is 3.00 bits per heavy atom. The Bertz CT molecular complexity index is 716. The van der Waals surface area contributed by atoms with Crippen LogP contribution in [0.1, 0.15) is 47.3 Å². The highest BCUT2D eigenvalue weighted by molar-refractivity contribution is 7.09. The third-order valence-electron chi connectivity index (χ3n) is 4.43. The van der Waals surface area contributed by atoms with Gasteiger partial charge in [-0.3, -0.25) is 0 Å². The Hall–Kier alpha value is -1.92. The number of thiazole rings is 1. The summed E-state index contributed by atoms with van der Waals surface area (Å²) >= 11 is 1.55. The fourth-order valence-electron chi connectivity index (χ4n) is 3.27. The molecular formula is C18H23N3O2S. The van der Waals surface area contributed by atoms with Crippen molar-refractivity contribution in [3.05, 3.63) is 51.5 Å². The van der Waals surface area contributed by atoms with Crippen molar-refractivity contribution >= 4 is 17.4 Å². The van der Waals surface area contributed by atoms with Gasteiger partial charge in [-0.1, -0.05) is 24.3 Å². The van der Waals surface area contributed by atoms with Gasteiger partial charge in [-0.2, -0.15) is 0 Å². The molecule has 0 saturated heterocycles. The first-order valence-corrected chi connectivity index (χ1v) is 9.16. The normalized spacial score (nSPS) is 17.4. The molecule has 5 nitrogen and oxygen atoms in total. The van der Waals surface area contributed by atoms with Crippen molar-refractivity contribution in [1.29, 1.82) is 0 Å². The highest BCUT2D eigenvalue weighted by Crippen LogP contribution is 2.35. The zero-order valence-corrected chi connectivity index (χ0v) is 14.8. The highest BCUT2D eigenvalue weighted by Gasteiger charge is 2.31. The molecule has 0 unspecified atom stereocenters. The molecule has 0 radical (unpaired) electrons. The molecule has 3 rings (SSSR count). The summed E-state index contributed by atoms with van der Waals surface area (Å²) < 4.78 is 0. The monoisotopic (exact) mass is 345 g/mol. The van der Waals surface area contributed by atoms with Crippen molar-refractivity contribution in [3.8, 4) is 0 Å². The van der Waals surface area contributed by atoms with E-state index in [1.807, 2.05) is 31.4 Å². The maximum Gasteiger partial charge on any atom is 0.318 e. The maximum atomic E-state index is 12.8. The molecule has 0 bridgehead atoms. The predicted octanol–water partition coefficient (Wildman–Crippen LogP) is 3.20. The zero-order valence-electron chi connectivity index (χ0n) is 14.0. The molecule has 0 aliphatic heterocycles. The van der Waals surface area contributed by atoms with Gasteiger partial charge in [0.1, 0.15) is 5.01 Å². The van der Waals surface area contributed by atoms with Crippen LogP contribution in [0.3, 0.4) is 0 Å². The quantitative estimate of drug-likeness (QED) is 0.874. The smallest absolute Gasteiger partial charge is 0.318 e. The van der Waals surface area contributed by atoms with Gasteiger partial charge < -0.3 is 15.3 Å². The summed E-state index contributed by atoms with van der Waals surface area (Å²) in [6.07, 6.45) is 1.87. The number of hydrogen-bond donors (Lipinski definition) is 2. The molecule has 6 heteroatoms. The summed E-state index contributed by atoms with van der Waals surface area (Å²) in [5, 5.41) is 15.3. The average molecular weight is 345 g/mol. The Labute approximate surface area is 146 Å². The Morgan fingerprint density at radius 1 is 1.50 bits per heavy atom. The molecular weight excluding hydrogens is 322 g/mol. The van der Waals surface area contributed by atoms with E-state index in [1.165, 1.54) is 11.1 Å². The minimum Gasteiger partial charge on any atom is -0.395 e. The van der Waals surface area contributed by atoms with E-state index in [-0.39, 0.29) is 24.7 Å². The number of hydrogen-bond acceptors (Lipinski definition) is 4. The number of benzene rings is 1. The molecule has 24 heavy (non-hydrogen) atoms. The number of aryl methyl sites for hydroxylation is 2. The van der Waals surface area contributed by atoms with Crippen LogP contribution in [0.2, 0.25) is 0 Å². The number of nitrogens with one attached hydrogen (secondary N) is 1. The first kappa shape index (κ1) is 16.9. The van der Waals surface area contributed by atoms with Crippen molar-refractivity contribution in [3.63, 3.8) is 0 Å². The summed E-state index contributed by atoms with van der Waals surface area (Å²) in [4.78, 5) is 19.0. The minimum atomic E-state index is -0.147. The van der Waals surface area contributed by atoms with Gasteiger partial charge in [0.15, 0.2) is 0 Å². The second kappa shape index (κ2) is 7.32. The van der Waals surface area contributed by atoms with Gasteiger partial charge in [0.2, 0.25) is 0 Å². The predicted molar refractivity (Wildman–Crippen MR) is 95.1 cm³/mol. The zero-order chi connectivity index (χ0) is 17.1. The molecule has 1 aliphatic rings. The molecule has 2 aromatic rings. The van der Waals surface area contributed by atoms with Crippen LogP contribution in [-0.2, 0) is 6.42 Å². The highest BCUT2D eigenvalue weighted by atomic mass is 32.1. The van der Waals surface area contributed by atoms with Crippen molar-refractivity contribution in [2.45, 2.75) is 38.8 Å². The number of urea groups is 1. The third kappa shape index (κ3) is 3.44. The largest absolute Gasteiger partial charge is 0.395 e. The molecule has 0 fully saturated rings. The van der Waals surface area contributed by atoms with E-state index >= 15 is 0 Å². The molecule has 0 saturated carbocycles. The Morgan fingerprint density at radius 2 is 2.29 bits per heavy atom. The van der Waals surface area contributed by atoms with E-state index in [4.69, 9.17) is 0 Å².